The van der Waals surface area contributed by atoms with E-state index in [-0.39, 0.29) is 24.0 Å². The predicted octanol–water partition coefficient (Wildman–Crippen LogP) is 2.42. The van der Waals surface area contributed by atoms with Gasteiger partial charge in [0.15, 0.2) is 0 Å². The van der Waals surface area contributed by atoms with Crippen LogP contribution in [-0.2, 0) is 16.6 Å². The standard InChI is InChI=1S/C19H21FN4O3S2/c1-29(26,27)22-10-2-4-15(13-22)18-21-23(12-14-6-8-16(20)9-7-14)19(25)24(18)17-5-3-11-28-17/h3,5-9,11,15H,2,4,10,12-13H2,1H3. The molecule has 3 heterocycles. The van der Waals surface area contributed by atoms with E-state index >= 15 is 0 Å². The van der Waals surface area contributed by atoms with Crippen LogP contribution >= 0.6 is 11.3 Å². The average molecular weight is 437 g/mol. The molecule has 0 radical (unpaired) electrons. The van der Waals surface area contributed by atoms with Crippen molar-refractivity contribution >= 4 is 21.4 Å². The summed E-state index contributed by atoms with van der Waals surface area (Å²) in [5.74, 6) is 0.0460. The fourth-order valence-electron chi connectivity index (χ4n) is 3.61. The van der Waals surface area contributed by atoms with E-state index in [9.17, 15) is 17.6 Å². The van der Waals surface area contributed by atoms with Crippen LogP contribution in [-0.4, -0.2) is 46.4 Å². The van der Waals surface area contributed by atoms with E-state index in [0.29, 0.717) is 25.3 Å². The molecule has 2 aromatic heterocycles. The van der Waals surface area contributed by atoms with Crippen LogP contribution in [0.4, 0.5) is 4.39 Å². The topological polar surface area (TPSA) is 77.2 Å². The van der Waals surface area contributed by atoms with E-state index in [0.717, 1.165) is 17.0 Å². The summed E-state index contributed by atoms with van der Waals surface area (Å²) in [5, 5.41) is 7.21. The van der Waals surface area contributed by atoms with Crippen molar-refractivity contribution in [2.75, 3.05) is 19.3 Å². The van der Waals surface area contributed by atoms with Crippen LogP contribution in [0.15, 0.2) is 46.6 Å². The van der Waals surface area contributed by atoms with Gasteiger partial charge in [-0.1, -0.05) is 12.1 Å². The molecule has 1 fully saturated rings. The van der Waals surface area contributed by atoms with Gasteiger partial charge in [-0.05, 0) is 48.1 Å². The van der Waals surface area contributed by atoms with Crippen molar-refractivity contribution in [3.8, 4) is 5.00 Å². The zero-order valence-corrected chi connectivity index (χ0v) is 17.5. The maximum absolute atomic E-state index is 13.2. The summed E-state index contributed by atoms with van der Waals surface area (Å²) in [6.45, 7) is 0.999. The molecule has 1 aliphatic heterocycles. The number of piperidine rings is 1. The Bertz CT molecular complexity index is 1150. The van der Waals surface area contributed by atoms with E-state index in [2.05, 4.69) is 5.10 Å². The lowest BCUT2D eigenvalue weighted by atomic mass is 9.99. The van der Waals surface area contributed by atoms with Gasteiger partial charge in [0.2, 0.25) is 10.0 Å². The van der Waals surface area contributed by atoms with Gasteiger partial charge in [-0.25, -0.2) is 31.2 Å². The lowest BCUT2D eigenvalue weighted by Gasteiger charge is -2.30. The summed E-state index contributed by atoms with van der Waals surface area (Å²) in [6, 6.07) is 9.65. The SMILES string of the molecule is CS(=O)(=O)N1CCCC(c2nn(Cc3ccc(F)cc3)c(=O)n2-c2cccs2)C1. The number of nitrogens with zero attached hydrogens (tertiary/aromatic N) is 4. The third-order valence-corrected chi connectivity index (χ3v) is 7.18. The molecule has 0 amide bonds. The lowest BCUT2D eigenvalue weighted by Crippen LogP contribution is -2.39. The van der Waals surface area contributed by atoms with E-state index in [1.165, 1.54) is 38.7 Å². The van der Waals surface area contributed by atoms with Crippen molar-refractivity contribution in [1.82, 2.24) is 18.7 Å². The largest absolute Gasteiger partial charge is 0.351 e. The number of hydrogen-bond donors (Lipinski definition) is 0. The summed E-state index contributed by atoms with van der Waals surface area (Å²) in [4.78, 5) is 13.1. The van der Waals surface area contributed by atoms with Crippen LogP contribution < -0.4 is 5.69 Å². The second kappa shape index (κ2) is 7.85. The Hall–Kier alpha value is -2.30. The van der Waals surface area contributed by atoms with Crippen LogP contribution in [0.2, 0.25) is 0 Å². The number of benzene rings is 1. The maximum atomic E-state index is 13.2. The molecule has 0 saturated carbocycles. The average Bonchev–Trinajstić information content (AvgIpc) is 3.31. The lowest BCUT2D eigenvalue weighted by molar-refractivity contribution is 0.308. The first-order valence-electron chi connectivity index (χ1n) is 9.26. The quantitative estimate of drug-likeness (QED) is 0.616. The highest BCUT2D eigenvalue weighted by Crippen LogP contribution is 2.28. The van der Waals surface area contributed by atoms with Crippen LogP contribution in [0.1, 0.15) is 30.1 Å². The Morgan fingerprint density at radius 1 is 1.24 bits per heavy atom. The van der Waals surface area contributed by atoms with Crippen molar-refractivity contribution in [3.63, 3.8) is 0 Å². The molecule has 1 aliphatic rings. The Morgan fingerprint density at radius 3 is 2.66 bits per heavy atom. The highest BCUT2D eigenvalue weighted by atomic mass is 32.2. The summed E-state index contributed by atoms with van der Waals surface area (Å²) >= 11 is 1.42. The van der Waals surface area contributed by atoms with Crippen molar-refractivity contribution in [2.24, 2.45) is 0 Å². The molecule has 1 aromatic carbocycles. The van der Waals surface area contributed by atoms with Crippen LogP contribution in [0, 0.1) is 5.82 Å². The van der Waals surface area contributed by atoms with Gasteiger partial charge in [0.05, 0.1) is 12.8 Å². The number of sulfonamides is 1. The van der Waals surface area contributed by atoms with E-state index < -0.39 is 10.0 Å². The predicted molar refractivity (Wildman–Crippen MR) is 110 cm³/mol. The molecule has 1 atom stereocenters. The molecule has 1 unspecified atom stereocenters. The Balaban J connectivity index is 1.74. The van der Waals surface area contributed by atoms with Gasteiger partial charge < -0.3 is 0 Å². The number of hydrogen-bond acceptors (Lipinski definition) is 5. The van der Waals surface area contributed by atoms with Gasteiger partial charge in [0.25, 0.3) is 0 Å². The monoisotopic (exact) mass is 436 g/mol. The first-order valence-corrected chi connectivity index (χ1v) is 12.0. The molecule has 154 valence electrons. The molecule has 1 saturated heterocycles. The second-order valence-corrected chi connectivity index (χ2v) is 10.1. The van der Waals surface area contributed by atoms with Gasteiger partial charge >= 0.3 is 5.69 Å². The summed E-state index contributed by atoms with van der Waals surface area (Å²) in [6.07, 6.45) is 2.67. The maximum Gasteiger partial charge on any atom is 0.351 e. The van der Waals surface area contributed by atoms with Gasteiger partial charge in [-0.15, -0.1) is 11.3 Å². The van der Waals surface area contributed by atoms with Crippen molar-refractivity contribution in [2.45, 2.75) is 25.3 Å². The van der Waals surface area contributed by atoms with Crippen molar-refractivity contribution < 1.29 is 12.8 Å². The Labute approximate surface area is 172 Å². The van der Waals surface area contributed by atoms with E-state index in [1.807, 2.05) is 17.5 Å². The molecular weight excluding hydrogens is 415 g/mol. The van der Waals surface area contributed by atoms with Gasteiger partial charge in [-0.2, -0.15) is 5.10 Å². The molecule has 0 bridgehead atoms. The third kappa shape index (κ3) is 4.19. The molecule has 3 aromatic rings. The molecule has 0 aliphatic carbocycles. The molecule has 0 N–H and O–H groups in total. The highest BCUT2D eigenvalue weighted by Gasteiger charge is 2.31. The fraction of sp³-hybridized carbons (Fsp3) is 0.368. The minimum absolute atomic E-state index is 0.178. The number of rotatable bonds is 5. The fourth-order valence-corrected chi connectivity index (χ4v) is 5.26. The number of aromatic nitrogens is 3. The molecule has 4 rings (SSSR count). The first-order chi connectivity index (χ1) is 13.8. The summed E-state index contributed by atoms with van der Waals surface area (Å²) in [5.41, 5.74) is 0.473. The van der Waals surface area contributed by atoms with Crippen LogP contribution in [0.25, 0.3) is 5.00 Å². The zero-order chi connectivity index (χ0) is 20.6. The minimum Gasteiger partial charge on any atom is -0.246 e. The summed E-state index contributed by atoms with van der Waals surface area (Å²) in [7, 11) is -3.31. The Morgan fingerprint density at radius 2 is 2.00 bits per heavy atom. The Kier molecular flexibility index (Phi) is 5.41. The normalized spacial score (nSPS) is 18.2. The van der Waals surface area contributed by atoms with E-state index in [1.54, 1.807) is 16.7 Å². The van der Waals surface area contributed by atoms with E-state index in [4.69, 9.17) is 0 Å². The molecular formula is C19H21FN4O3S2. The van der Waals surface area contributed by atoms with Gasteiger partial charge in [0, 0.05) is 19.0 Å². The minimum atomic E-state index is -3.31. The molecule has 29 heavy (non-hydrogen) atoms. The molecule has 10 heteroatoms. The van der Waals surface area contributed by atoms with Gasteiger partial charge in [-0.3, -0.25) is 0 Å². The first kappa shape index (κ1) is 20.0. The summed E-state index contributed by atoms with van der Waals surface area (Å²) < 4.78 is 41.6. The third-order valence-electron chi connectivity index (χ3n) is 5.05. The van der Waals surface area contributed by atoms with Crippen molar-refractivity contribution in [3.05, 3.63) is 69.5 Å². The highest BCUT2D eigenvalue weighted by molar-refractivity contribution is 7.88. The zero-order valence-electron chi connectivity index (χ0n) is 15.9. The van der Waals surface area contributed by atoms with Gasteiger partial charge in [0.1, 0.15) is 16.6 Å². The van der Waals surface area contributed by atoms with Crippen molar-refractivity contribution in [1.29, 1.82) is 0 Å². The molecule has 0 spiro atoms. The smallest absolute Gasteiger partial charge is 0.246 e. The number of thiophene rings is 1. The number of halogens is 1. The van der Waals surface area contributed by atoms with Crippen LogP contribution in [0.5, 0.6) is 0 Å². The second-order valence-electron chi connectivity index (χ2n) is 7.17. The molecule has 7 nitrogen and oxygen atoms in total. The van der Waals surface area contributed by atoms with Crippen LogP contribution in [0.3, 0.4) is 0 Å².